The Hall–Kier alpha value is -1.09. The van der Waals surface area contributed by atoms with Crippen molar-refractivity contribution >= 4 is 5.69 Å². The summed E-state index contributed by atoms with van der Waals surface area (Å²) in [4.78, 5) is 4.31. The lowest BCUT2D eigenvalue weighted by Gasteiger charge is -2.30. The fourth-order valence-electron chi connectivity index (χ4n) is 2.32. The van der Waals surface area contributed by atoms with E-state index in [1.807, 2.05) is 19.2 Å². The second kappa shape index (κ2) is 6.01. The molecule has 2 atom stereocenters. The molecule has 1 fully saturated rings. The van der Waals surface area contributed by atoms with Gasteiger partial charge in [0.1, 0.15) is 0 Å². The van der Waals surface area contributed by atoms with Gasteiger partial charge in [0.15, 0.2) is 0 Å². The number of rotatable bonds is 4. The molecule has 1 aromatic heterocycles. The Balaban J connectivity index is 1.87. The first-order chi connectivity index (χ1) is 8.28. The first kappa shape index (κ1) is 12.4. The molecule has 3 nitrogen and oxygen atoms in total. The zero-order chi connectivity index (χ0) is 12.1. The highest BCUT2D eigenvalue weighted by Crippen LogP contribution is 2.21. The predicted molar refractivity (Wildman–Crippen MR) is 70.3 cm³/mol. The van der Waals surface area contributed by atoms with Gasteiger partial charge in [0.2, 0.25) is 0 Å². The van der Waals surface area contributed by atoms with Crippen LogP contribution in [0.4, 0.5) is 5.69 Å². The largest absolute Gasteiger partial charge is 0.381 e. The van der Waals surface area contributed by atoms with Crippen LogP contribution in [0.15, 0.2) is 18.3 Å². The molecular formula is C14H22N2O. The van der Waals surface area contributed by atoms with Gasteiger partial charge in [0.25, 0.3) is 0 Å². The molecular weight excluding hydrogens is 212 g/mol. The lowest BCUT2D eigenvalue weighted by Crippen LogP contribution is -2.34. The van der Waals surface area contributed by atoms with Crippen molar-refractivity contribution in [3.8, 4) is 0 Å². The molecule has 0 saturated carbocycles. The topological polar surface area (TPSA) is 34.2 Å². The fraction of sp³-hybridized carbons (Fsp3) is 0.643. The molecule has 2 heterocycles. The van der Waals surface area contributed by atoms with Crippen LogP contribution in [-0.2, 0) is 4.74 Å². The van der Waals surface area contributed by atoms with E-state index in [1.54, 1.807) is 0 Å². The van der Waals surface area contributed by atoms with E-state index in [1.165, 1.54) is 12.8 Å². The molecule has 0 aromatic carbocycles. The van der Waals surface area contributed by atoms with Crippen LogP contribution >= 0.6 is 0 Å². The van der Waals surface area contributed by atoms with Crippen molar-refractivity contribution in [2.45, 2.75) is 51.7 Å². The number of pyridine rings is 1. The maximum Gasteiger partial charge on any atom is 0.0594 e. The summed E-state index contributed by atoms with van der Waals surface area (Å²) < 4.78 is 5.75. The van der Waals surface area contributed by atoms with Crippen LogP contribution < -0.4 is 5.32 Å². The average Bonchev–Trinajstić information content (AvgIpc) is 2.33. The van der Waals surface area contributed by atoms with Gasteiger partial charge in [-0.3, -0.25) is 4.98 Å². The van der Waals surface area contributed by atoms with E-state index >= 15 is 0 Å². The van der Waals surface area contributed by atoms with E-state index in [-0.39, 0.29) is 0 Å². The van der Waals surface area contributed by atoms with Crippen LogP contribution in [0.3, 0.4) is 0 Å². The minimum Gasteiger partial charge on any atom is -0.381 e. The second-order valence-electron chi connectivity index (χ2n) is 4.84. The molecule has 0 radical (unpaired) electrons. The summed E-state index contributed by atoms with van der Waals surface area (Å²) in [7, 11) is 0. The van der Waals surface area contributed by atoms with Gasteiger partial charge in [0.05, 0.1) is 18.0 Å². The van der Waals surface area contributed by atoms with Gasteiger partial charge >= 0.3 is 0 Å². The minimum absolute atomic E-state index is 0.435. The highest BCUT2D eigenvalue weighted by atomic mass is 16.5. The fourth-order valence-corrected chi connectivity index (χ4v) is 2.32. The monoisotopic (exact) mass is 234 g/mol. The zero-order valence-electron chi connectivity index (χ0n) is 10.8. The average molecular weight is 234 g/mol. The Morgan fingerprint density at radius 1 is 1.47 bits per heavy atom. The summed E-state index contributed by atoms with van der Waals surface area (Å²) in [6.45, 7) is 5.10. The van der Waals surface area contributed by atoms with E-state index in [4.69, 9.17) is 4.74 Å². The Kier molecular flexibility index (Phi) is 4.37. The van der Waals surface area contributed by atoms with Crippen LogP contribution in [0.1, 0.15) is 38.3 Å². The Labute approximate surface area is 104 Å². The first-order valence-electron chi connectivity index (χ1n) is 6.58. The highest BCUT2D eigenvalue weighted by Gasteiger charge is 2.21. The molecule has 2 rings (SSSR count). The third kappa shape index (κ3) is 3.70. The second-order valence-corrected chi connectivity index (χ2v) is 4.84. The van der Waals surface area contributed by atoms with Crippen LogP contribution in [0.2, 0.25) is 0 Å². The van der Waals surface area contributed by atoms with Crippen molar-refractivity contribution in [1.29, 1.82) is 0 Å². The van der Waals surface area contributed by atoms with Crippen molar-refractivity contribution in [3.63, 3.8) is 0 Å². The molecule has 17 heavy (non-hydrogen) atoms. The summed E-state index contributed by atoms with van der Waals surface area (Å²) in [5, 5.41) is 3.55. The van der Waals surface area contributed by atoms with Gasteiger partial charge < -0.3 is 10.1 Å². The van der Waals surface area contributed by atoms with Gasteiger partial charge in [-0.2, -0.15) is 0 Å². The number of ether oxygens (including phenoxy) is 1. The summed E-state index contributed by atoms with van der Waals surface area (Å²) in [5.74, 6) is 0. The van der Waals surface area contributed by atoms with Crippen LogP contribution in [0.5, 0.6) is 0 Å². The molecule has 1 aliphatic heterocycles. The van der Waals surface area contributed by atoms with Crippen molar-refractivity contribution in [1.82, 2.24) is 4.98 Å². The summed E-state index contributed by atoms with van der Waals surface area (Å²) in [6, 6.07) is 4.68. The summed E-state index contributed by atoms with van der Waals surface area (Å²) in [5.41, 5.74) is 2.18. The molecule has 0 spiro atoms. The number of hydrogen-bond acceptors (Lipinski definition) is 3. The minimum atomic E-state index is 0.435. The molecule has 3 heteroatoms. The van der Waals surface area contributed by atoms with Crippen LogP contribution in [-0.4, -0.2) is 23.7 Å². The van der Waals surface area contributed by atoms with Crippen molar-refractivity contribution in [2.24, 2.45) is 0 Å². The van der Waals surface area contributed by atoms with Crippen LogP contribution in [0.25, 0.3) is 0 Å². The lowest BCUT2D eigenvalue weighted by molar-refractivity contribution is 0.00597. The number of anilines is 1. The van der Waals surface area contributed by atoms with E-state index in [2.05, 4.69) is 23.3 Å². The van der Waals surface area contributed by atoms with Crippen molar-refractivity contribution < 1.29 is 4.74 Å². The molecule has 0 bridgehead atoms. The van der Waals surface area contributed by atoms with Gasteiger partial charge in [-0.15, -0.1) is 0 Å². The molecule has 1 aromatic rings. The van der Waals surface area contributed by atoms with Gasteiger partial charge in [0, 0.05) is 18.3 Å². The molecule has 0 amide bonds. The Bertz CT molecular complexity index is 335. The third-order valence-corrected chi connectivity index (χ3v) is 3.26. The molecule has 94 valence electrons. The molecule has 2 unspecified atom stereocenters. The maximum atomic E-state index is 5.75. The van der Waals surface area contributed by atoms with E-state index in [9.17, 15) is 0 Å². The van der Waals surface area contributed by atoms with Gasteiger partial charge in [-0.25, -0.2) is 0 Å². The van der Waals surface area contributed by atoms with Gasteiger partial charge in [-0.1, -0.05) is 13.3 Å². The highest BCUT2D eigenvalue weighted by molar-refractivity contribution is 5.41. The summed E-state index contributed by atoms with van der Waals surface area (Å²) in [6.07, 6.45) is 6.92. The molecule has 1 saturated heterocycles. The molecule has 0 aliphatic carbocycles. The van der Waals surface area contributed by atoms with Crippen molar-refractivity contribution in [3.05, 3.63) is 24.0 Å². The third-order valence-electron chi connectivity index (χ3n) is 3.26. The van der Waals surface area contributed by atoms with Crippen LogP contribution in [0, 0.1) is 6.92 Å². The molecule has 1 aliphatic rings. The number of hydrogen-bond donors (Lipinski definition) is 1. The number of nitrogens with zero attached hydrogens (tertiary/aromatic N) is 1. The zero-order valence-corrected chi connectivity index (χ0v) is 10.8. The van der Waals surface area contributed by atoms with E-state index in [0.717, 1.165) is 30.8 Å². The normalized spacial score (nSPS) is 24.6. The quantitative estimate of drug-likeness (QED) is 0.869. The summed E-state index contributed by atoms with van der Waals surface area (Å²) >= 11 is 0. The lowest BCUT2D eigenvalue weighted by atomic mass is 10.00. The number of nitrogens with one attached hydrogen (secondary N) is 1. The van der Waals surface area contributed by atoms with Gasteiger partial charge in [-0.05, 0) is 38.3 Å². The smallest absolute Gasteiger partial charge is 0.0594 e. The SMILES string of the molecule is CCCC1CC(Nc2ccc(C)nc2)CCO1. The number of aryl methyl sites for hydroxylation is 1. The predicted octanol–water partition coefficient (Wildman–Crippen LogP) is 3.15. The number of aromatic nitrogens is 1. The maximum absolute atomic E-state index is 5.75. The van der Waals surface area contributed by atoms with E-state index in [0.29, 0.717) is 12.1 Å². The Morgan fingerprint density at radius 2 is 2.35 bits per heavy atom. The first-order valence-corrected chi connectivity index (χ1v) is 6.58. The van der Waals surface area contributed by atoms with Crippen molar-refractivity contribution in [2.75, 3.05) is 11.9 Å². The Morgan fingerprint density at radius 3 is 3.06 bits per heavy atom. The standard InChI is InChI=1S/C14H22N2O/c1-3-4-14-9-12(7-8-17-14)16-13-6-5-11(2)15-10-13/h5-6,10,12,14,16H,3-4,7-9H2,1-2H3. The van der Waals surface area contributed by atoms with E-state index < -0.39 is 0 Å². The molecule has 1 N–H and O–H groups in total.